The first-order valence-electron chi connectivity index (χ1n) is 9.92. The van der Waals surface area contributed by atoms with E-state index in [-0.39, 0.29) is 5.78 Å². The lowest BCUT2D eigenvalue weighted by Gasteiger charge is -2.17. The number of pyridine rings is 1. The number of fused-ring (bicyclic) bond motifs is 1. The number of benzene rings is 1. The lowest BCUT2D eigenvalue weighted by Crippen LogP contribution is -2.29. The zero-order valence-corrected chi connectivity index (χ0v) is 17.1. The van der Waals surface area contributed by atoms with E-state index in [2.05, 4.69) is 15.1 Å². The van der Waals surface area contributed by atoms with Crippen LogP contribution in [-0.2, 0) is 16.1 Å². The molecule has 31 heavy (non-hydrogen) atoms. The van der Waals surface area contributed by atoms with Gasteiger partial charge in [-0.3, -0.25) is 9.78 Å². The molecule has 0 saturated carbocycles. The molecule has 0 atom stereocenters. The minimum atomic E-state index is -0.916. The average Bonchev–Trinajstić information content (AvgIpc) is 3.31. The molecule has 0 unspecified atom stereocenters. The Hall–Kier alpha value is -4.00. The Bertz CT molecular complexity index is 1260. The summed E-state index contributed by atoms with van der Waals surface area (Å²) in [5.41, 5.74) is 2.81. The molecule has 7 heteroatoms. The second-order valence-electron chi connectivity index (χ2n) is 7.75. The molecule has 3 aromatic heterocycles. The van der Waals surface area contributed by atoms with Crippen LogP contribution in [0.4, 0.5) is 0 Å². The van der Waals surface area contributed by atoms with Crippen molar-refractivity contribution in [2.24, 2.45) is 0 Å². The molecular weight excluding hydrogens is 392 g/mol. The van der Waals surface area contributed by atoms with Gasteiger partial charge in [-0.25, -0.2) is 9.50 Å². The molecule has 0 radical (unpaired) electrons. The molecule has 0 N–H and O–H groups in total. The summed E-state index contributed by atoms with van der Waals surface area (Å²) in [6.07, 6.45) is 6.92. The van der Waals surface area contributed by atoms with Crippen molar-refractivity contribution in [3.8, 4) is 5.75 Å². The Morgan fingerprint density at radius 3 is 2.52 bits per heavy atom. The van der Waals surface area contributed by atoms with E-state index in [0.29, 0.717) is 23.7 Å². The standard InChI is InChI=1S/C24H20N4O3/c1-24(2)23(29)21(22(31-24)17-9-12-25-13-10-17)16-5-7-19(8-6-16)30-15-18-14-28-20(27-18)4-3-11-26-28/h3-14H,15H2,1-2H3. The summed E-state index contributed by atoms with van der Waals surface area (Å²) in [7, 11) is 0. The van der Waals surface area contributed by atoms with Gasteiger partial charge in [0.1, 0.15) is 18.1 Å². The van der Waals surface area contributed by atoms with Gasteiger partial charge in [0, 0.05) is 24.2 Å². The number of aromatic nitrogens is 4. The van der Waals surface area contributed by atoms with E-state index in [1.165, 1.54) is 0 Å². The Morgan fingerprint density at radius 1 is 1.00 bits per heavy atom. The Labute approximate surface area is 179 Å². The topological polar surface area (TPSA) is 78.6 Å². The molecule has 0 aliphatic carbocycles. The van der Waals surface area contributed by atoms with Gasteiger partial charge in [-0.2, -0.15) is 5.10 Å². The number of Topliss-reactive ketones (excluding diaryl/α,β-unsaturated/α-hetero) is 1. The van der Waals surface area contributed by atoms with Crippen LogP contribution >= 0.6 is 0 Å². The van der Waals surface area contributed by atoms with Gasteiger partial charge in [-0.05, 0) is 55.8 Å². The molecule has 7 nitrogen and oxygen atoms in total. The highest BCUT2D eigenvalue weighted by Crippen LogP contribution is 2.41. The molecule has 0 spiro atoms. The largest absolute Gasteiger partial charge is 0.487 e. The molecule has 0 fully saturated rings. The highest BCUT2D eigenvalue weighted by Gasteiger charge is 2.42. The fraction of sp³-hybridized carbons (Fsp3) is 0.167. The summed E-state index contributed by atoms with van der Waals surface area (Å²) in [6, 6.07) is 14.9. The minimum Gasteiger partial charge on any atom is -0.487 e. The van der Waals surface area contributed by atoms with Crippen molar-refractivity contribution in [3.63, 3.8) is 0 Å². The predicted octanol–water partition coefficient (Wildman–Crippen LogP) is 3.95. The molecule has 4 heterocycles. The average molecular weight is 412 g/mol. The zero-order chi connectivity index (χ0) is 21.4. The van der Waals surface area contributed by atoms with Crippen LogP contribution in [0.2, 0.25) is 0 Å². The molecule has 0 bridgehead atoms. The monoisotopic (exact) mass is 412 g/mol. The quantitative estimate of drug-likeness (QED) is 0.494. The van der Waals surface area contributed by atoms with E-state index in [9.17, 15) is 4.79 Å². The molecule has 0 amide bonds. The van der Waals surface area contributed by atoms with E-state index in [1.807, 2.05) is 54.7 Å². The fourth-order valence-corrected chi connectivity index (χ4v) is 3.55. The summed E-state index contributed by atoms with van der Waals surface area (Å²) in [6.45, 7) is 3.89. The maximum Gasteiger partial charge on any atom is 0.210 e. The number of rotatable bonds is 5. The summed E-state index contributed by atoms with van der Waals surface area (Å²) < 4.78 is 13.6. The fourth-order valence-electron chi connectivity index (χ4n) is 3.55. The number of ketones is 1. The number of carbonyl (C=O) groups is 1. The van der Waals surface area contributed by atoms with Crippen molar-refractivity contribution < 1.29 is 14.3 Å². The smallest absolute Gasteiger partial charge is 0.210 e. The van der Waals surface area contributed by atoms with Gasteiger partial charge in [0.2, 0.25) is 5.78 Å². The van der Waals surface area contributed by atoms with E-state index >= 15 is 0 Å². The van der Waals surface area contributed by atoms with Crippen molar-refractivity contribution in [1.82, 2.24) is 19.6 Å². The first kappa shape index (κ1) is 19.0. The van der Waals surface area contributed by atoms with Crippen molar-refractivity contribution in [3.05, 3.63) is 90.1 Å². The number of carbonyl (C=O) groups excluding carboxylic acids is 1. The van der Waals surface area contributed by atoms with Crippen molar-refractivity contribution in [2.75, 3.05) is 0 Å². The van der Waals surface area contributed by atoms with E-state index in [1.54, 1.807) is 37.0 Å². The van der Waals surface area contributed by atoms with Gasteiger partial charge in [-0.1, -0.05) is 12.1 Å². The molecule has 1 aromatic carbocycles. The van der Waals surface area contributed by atoms with Crippen molar-refractivity contribution >= 4 is 22.8 Å². The van der Waals surface area contributed by atoms with Crippen LogP contribution in [0, 0.1) is 0 Å². The molecular formula is C24H20N4O3. The number of imidazole rings is 1. The van der Waals surface area contributed by atoms with Crippen LogP contribution in [0.1, 0.15) is 30.7 Å². The van der Waals surface area contributed by atoms with Gasteiger partial charge in [0.25, 0.3) is 0 Å². The van der Waals surface area contributed by atoms with E-state index in [0.717, 1.165) is 22.5 Å². The van der Waals surface area contributed by atoms with Crippen LogP contribution < -0.4 is 4.74 Å². The molecule has 4 aromatic rings. The van der Waals surface area contributed by atoms with Crippen LogP contribution in [-0.4, -0.2) is 31.0 Å². The summed E-state index contributed by atoms with van der Waals surface area (Å²) in [4.78, 5) is 21.6. The second-order valence-corrected chi connectivity index (χ2v) is 7.75. The summed E-state index contributed by atoms with van der Waals surface area (Å²) in [5.74, 6) is 1.21. The minimum absolute atomic E-state index is 0.0508. The van der Waals surface area contributed by atoms with Crippen LogP contribution in [0.15, 0.2) is 73.3 Å². The zero-order valence-electron chi connectivity index (χ0n) is 17.1. The summed E-state index contributed by atoms with van der Waals surface area (Å²) >= 11 is 0. The number of nitrogens with zero attached hydrogens (tertiary/aromatic N) is 4. The summed E-state index contributed by atoms with van der Waals surface area (Å²) in [5, 5.41) is 4.21. The van der Waals surface area contributed by atoms with Gasteiger partial charge in [-0.15, -0.1) is 0 Å². The van der Waals surface area contributed by atoms with Crippen LogP contribution in [0.5, 0.6) is 5.75 Å². The van der Waals surface area contributed by atoms with Crippen molar-refractivity contribution in [2.45, 2.75) is 26.1 Å². The van der Waals surface area contributed by atoms with Crippen LogP contribution in [0.25, 0.3) is 17.0 Å². The van der Waals surface area contributed by atoms with E-state index < -0.39 is 5.60 Å². The number of hydrogen-bond donors (Lipinski definition) is 0. The highest BCUT2D eigenvalue weighted by molar-refractivity contribution is 6.32. The van der Waals surface area contributed by atoms with Crippen molar-refractivity contribution in [1.29, 1.82) is 0 Å². The van der Waals surface area contributed by atoms with Gasteiger partial charge in [0.05, 0.1) is 17.5 Å². The SMILES string of the molecule is CC1(C)OC(c2ccncc2)=C(c2ccc(OCc3cn4ncccc4n3)cc2)C1=O. The third-order valence-corrected chi connectivity index (χ3v) is 5.12. The normalized spacial score (nSPS) is 15.4. The molecule has 154 valence electrons. The van der Waals surface area contributed by atoms with E-state index in [4.69, 9.17) is 9.47 Å². The van der Waals surface area contributed by atoms with Gasteiger partial charge < -0.3 is 9.47 Å². The van der Waals surface area contributed by atoms with Gasteiger partial charge >= 0.3 is 0 Å². The number of hydrogen-bond acceptors (Lipinski definition) is 6. The molecule has 1 aliphatic heterocycles. The number of ether oxygens (including phenoxy) is 2. The lowest BCUT2D eigenvalue weighted by molar-refractivity contribution is -0.125. The lowest BCUT2D eigenvalue weighted by atomic mass is 9.93. The first-order valence-corrected chi connectivity index (χ1v) is 9.92. The highest BCUT2D eigenvalue weighted by atomic mass is 16.5. The maximum atomic E-state index is 13.0. The molecule has 0 saturated heterocycles. The second kappa shape index (κ2) is 7.36. The third-order valence-electron chi connectivity index (χ3n) is 5.12. The third kappa shape index (κ3) is 3.54. The first-order chi connectivity index (χ1) is 15.0. The van der Waals surface area contributed by atoms with Gasteiger partial charge in [0.15, 0.2) is 11.2 Å². The Kier molecular flexibility index (Phi) is 4.51. The van der Waals surface area contributed by atoms with Crippen LogP contribution in [0.3, 0.4) is 0 Å². The Balaban J connectivity index is 1.39. The molecule has 1 aliphatic rings. The molecule has 5 rings (SSSR count). The maximum absolute atomic E-state index is 13.0. The predicted molar refractivity (Wildman–Crippen MR) is 115 cm³/mol. The Morgan fingerprint density at radius 2 is 1.77 bits per heavy atom.